The number of ether oxygens (including phenoxy) is 2. The van der Waals surface area contributed by atoms with Crippen LogP contribution in [0.25, 0.3) is 0 Å². The van der Waals surface area contributed by atoms with Gasteiger partial charge in [-0.1, -0.05) is 49.7 Å². The first-order chi connectivity index (χ1) is 18.2. The zero-order chi connectivity index (χ0) is 27.4. The second-order valence-corrected chi connectivity index (χ2v) is 9.95. The molecule has 3 unspecified atom stereocenters. The van der Waals surface area contributed by atoms with Gasteiger partial charge in [0.15, 0.2) is 5.75 Å². The lowest BCUT2D eigenvalue weighted by molar-refractivity contribution is -0.115. The molecule has 3 aromatic carbocycles. The van der Waals surface area contributed by atoms with Crippen LogP contribution in [0, 0.1) is 40.9 Å². The molecule has 202 valence electrons. The molecule has 3 aromatic rings. The molecular weight excluding hydrogens is 503 g/mol. The van der Waals surface area contributed by atoms with Crippen molar-refractivity contribution < 1.29 is 36.2 Å². The number of hydrogen-bond acceptors (Lipinski definition) is 3. The van der Waals surface area contributed by atoms with Crippen LogP contribution in [-0.2, 0) is 23.2 Å². The first-order valence-corrected chi connectivity index (χ1v) is 12.5. The number of carbonyl (C=O) groups excluding carboxylic acids is 1. The Morgan fingerprint density at radius 3 is 2.21 bits per heavy atom. The Morgan fingerprint density at radius 1 is 0.921 bits per heavy atom. The summed E-state index contributed by atoms with van der Waals surface area (Å²) < 4.78 is 72.2. The largest absolute Gasteiger partial charge is 0.491 e. The molecule has 0 saturated heterocycles. The van der Waals surface area contributed by atoms with Crippen LogP contribution in [0.15, 0.2) is 48.5 Å². The van der Waals surface area contributed by atoms with E-state index in [1.165, 1.54) is 29.4 Å². The van der Waals surface area contributed by atoms with E-state index in [1.807, 2.05) is 18.2 Å². The standard InChI is InChI=1S/C23H26O2.C7H3F5O/c1-23-13-5-8-19(15-24)21(23)12-10-18-9-11-20(14-22(18)23)25-16-17-6-3-2-4-7-17;1-13-7-5(11)3(9)2(8)4(10)6(7)12/h2-4,6-7,9,11,14-15,19,21H,5,8,10,12-13,16H2,1H3;1H3. The van der Waals surface area contributed by atoms with Crippen molar-refractivity contribution in [2.75, 3.05) is 7.11 Å². The third kappa shape index (κ3) is 5.26. The van der Waals surface area contributed by atoms with Crippen molar-refractivity contribution in [3.63, 3.8) is 0 Å². The summed E-state index contributed by atoms with van der Waals surface area (Å²) in [4.78, 5) is 11.6. The van der Waals surface area contributed by atoms with Gasteiger partial charge >= 0.3 is 0 Å². The van der Waals surface area contributed by atoms with Crippen molar-refractivity contribution in [1.29, 1.82) is 0 Å². The molecule has 0 heterocycles. The third-order valence-electron chi connectivity index (χ3n) is 7.79. The third-order valence-corrected chi connectivity index (χ3v) is 7.79. The minimum Gasteiger partial charge on any atom is -0.491 e. The van der Waals surface area contributed by atoms with Crippen molar-refractivity contribution in [1.82, 2.24) is 0 Å². The van der Waals surface area contributed by atoms with Gasteiger partial charge in [0.2, 0.25) is 29.1 Å². The van der Waals surface area contributed by atoms with Gasteiger partial charge in [-0.2, -0.15) is 8.78 Å². The van der Waals surface area contributed by atoms with Crippen LogP contribution in [0.5, 0.6) is 11.5 Å². The van der Waals surface area contributed by atoms with E-state index in [2.05, 4.69) is 42.0 Å². The molecule has 1 saturated carbocycles. The van der Waals surface area contributed by atoms with Gasteiger partial charge in [0, 0.05) is 5.92 Å². The molecule has 38 heavy (non-hydrogen) atoms. The number of aryl methyl sites for hydroxylation is 1. The van der Waals surface area contributed by atoms with E-state index in [0.717, 1.165) is 38.5 Å². The Hall–Kier alpha value is -3.42. The maximum Gasteiger partial charge on any atom is 0.206 e. The normalized spacial score (nSPS) is 21.9. The molecule has 0 N–H and O–H groups in total. The van der Waals surface area contributed by atoms with Crippen LogP contribution >= 0.6 is 0 Å². The Bertz CT molecular complexity index is 1270. The van der Waals surface area contributed by atoms with Gasteiger partial charge in [-0.15, -0.1) is 0 Å². The van der Waals surface area contributed by atoms with Crippen molar-refractivity contribution >= 4 is 6.29 Å². The summed E-state index contributed by atoms with van der Waals surface area (Å²) in [6, 6.07) is 16.9. The number of rotatable bonds is 5. The van der Waals surface area contributed by atoms with Crippen molar-refractivity contribution in [2.45, 2.75) is 51.0 Å². The fourth-order valence-electron chi connectivity index (χ4n) is 5.80. The first-order valence-electron chi connectivity index (χ1n) is 12.5. The molecule has 8 heteroatoms. The molecule has 2 aliphatic rings. The smallest absolute Gasteiger partial charge is 0.206 e. The quantitative estimate of drug-likeness (QED) is 0.148. The Morgan fingerprint density at radius 2 is 1.58 bits per heavy atom. The maximum absolute atomic E-state index is 12.6. The molecule has 0 spiro atoms. The number of aldehydes is 1. The van der Waals surface area contributed by atoms with Gasteiger partial charge in [-0.05, 0) is 65.8 Å². The Balaban J connectivity index is 0.000000219. The molecular formula is C30H29F5O3. The lowest BCUT2D eigenvalue weighted by atomic mass is 9.55. The SMILES string of the molecule is CC12CCCC(C=O)C1CCc1ccc(OCc3ccccc3)cc12.COc1c(F)c(F)c(F)c(F)c1F. The van der Waals surface area contributed by atoms with Crippen molar-refractivity contribution in [3.05, 3.63) is 94.3 Å². The van der Waals surface area contributed by atoms with Gasteiger partial charge in [-0.3, -0.25) is 0 Å². The van der Waals surface area contributed by atoms with Gasteiger partial charge < -0.3 is 14.3 Å². The topological polar surface area (TPSA) is 35.5 Å². The van der Waals surface area contributed by atoms with Gasteiger partial charge in [0.25, 0.3) is 0 Å². The highest BCUT2D eigenvalue weighted by Gasteiger charge is 2.46. The van der Waals surface area contributed by atoms with E-state index in [1.54, 1.807) is 0 Å². The lowest BCUT2D eigenvalue weighted by Crippen LogP contribution is -2.44. The Kier molecular flexibility index (Phi) is 8.38. The second-order valence-electron chi connectivity index (χ2n) is 9.95. The van der Waals surface area contributed by atoms with E-state index in [9.17, 15) is 26.7 Å². The van der Waals surface area contributed by atoms with Crippen LogP contribution in [0.1, 0.15) is 49.3 Å². The van der Waals surface area contributed by atoms with Gasteiger partial charge in [0.05, 0.1) is 7.11 Å². The predicted octanol–water partition coefficient (Wildman–Crippen LogP) is 7.48. The van der Waals surface area contributed by atoms with Crippen LogP contribution in [0.4, 0.5) is 22.0 Å². The summed E-state index contributed by atoms with van der Waals surface area (Å²) in [5, 5.41) is 0. The number of fused-ring (bicyclic) bond motifs is 3. The predicted molar refractivity (Wildman–Crippen MR) is 133 cm³/mol. The molecule has 3 atom stereocenters. The molecule has 0 radical (unpaired) electrons. The van der Waals surface area contributed by atoms with E-state index in [-0.39, 0.29) is 11.3 Å². The summed E-state index contributed by atoms with van der Waals surface area (Å²) >= 11 is 0. The number of halogens is 5. The van der Waals surface area contributed by atoms with E-state index >= 15 is 0 Å². The maximum atomic E-state index is 12.6. The van der Waals surface area contributed by atoms with Crippen molar-refractivity contribution in [3.8, 4) is 11.5 Å². The molecule has 5 rings (SSSR count). The van der Waals surface area contributed by atoms with Crippen LogP contribution in [0.3, 0.4) is 0 Å². The van der Waals surface area contributed by atoms with Gasteiger partial charge in [0.1, 0.15) is 18.6 Å². The molecule has 0 bridgehead atoms. The Labute approximate surface area is 218 Å². The fraction of sp³-hybridized carbons (Fsp3) is 0.367. The first kappa shape index (κ1) is 27.6. The summed E-state index contributed by atoms with van der Waals surface area (Å²) in [5.41, 5.74) is 4.16. The monoisotopic (exact) mass is 532 g/mol. The molecule has 3 nitrogen and oxygen atoms in total. The van der Waals surface area contributed by atoms with E-state index < -0.39 is 34.8 Å². The highest BCUT2D eigenvalue weighted by atomic mass is 19.2. The second kappa shape index (κ2) is 11.5. The fourth-order valence-corrected chi connectivity index (χ4v) is 5.80. The zero-order valence-electron chi connectivity index (χ0n) is 21.2. The number of benzene rings is 3. The number of hydrogen-bond donors (Lipinski definition) is 0. The summed E-state index contributed by atoms with van der Waals surface area (Å²) in [7, 11) is 0.804. The van der Waals surface area contributed by atoms with Crippen LogP contribution in [0.2, 0.25) is 0 Å². The number of carbonyl (C=O) groups is 1. The summed E-state index contributed by atoms with van der Waals surface area (Å²) in [6.45, 7) is 2.96. The van der Waals surface area contributed by atoms with Crippen LogP contribution < -0.4 is 9.47 Å². The van der Waals surface area contributed by atoms with Gasteiger partial charge in [-0.25, -0.2) is 13.2 Å². The lowest BCUT2D eigenvalue weighted by Gasteiger charge is -2.49. The van der Waals surface area contributed by atoms with E-state index in [4.69, 9.17) is 4.74 Å². The number of methoxy groups -OCH3 is 1. The summed E-state index contributed by atoms with van der Waals surface area (Å²) in [5.74, 6) is -9.81. The minimum atomic E-state index is -2.20. The molecule has 0 aromatic heterocycles. The van der Waals surface area contributed by atoms with Crippen molar-refractivity contribution in [2.24, 2.45) is 11.8 Å². The highest BCUT2D eigenvalue weighted by Crippen LogP contribution is 2.52. The molecule has 2 aliphatic carbocycles. The zero-order valence-corrected chi connectivity index (χ0v) is 21.2. The summed E-state index contributed by atoms with van der Waals surface area (Å²) in [6.07, 6.45) is 6.81. The minimum absolute atomic E-state index is 0.115. The average Bonchev–Trinajstić information content (AvgIpc) is 2.94. The van der Waals surface area contributed by atoms with E-state index in [0.29, 0.717) is 12.5 Å². The van der Waals surface area contributed by atoms with Crippen LogP contribution in [-0.4, -0.2) is 13.4 Å². The molecule has 0 amide bonds. The average molecular weight is 533 g/mol. The molecule has 0 aliphatic heterocycles. The highest BCUT2D eigenvalue weighted by molar-refractivity contribution is 5.56. The molecule has 1 fully saturated rings.